The Morgan fingerprint density at radius 2 is 1.90 bits per heavy atom. The molecule has 1 saturated carbocycles. The zero-order valence-corrected chi connectivity index (χ0v) is 17.1. The summed E-state index contributed by atoms with van der Waals surface area (Å²) < 4.78 is 5.38. The first-order valence-corrected chi connectivity index (χ1v) is 11.0. The fourth-order valence-electron chi connectivity index (χ4n) is 4.67. The van der Waals surface area contributed by atoms with Crippen molar-refractivity contribution in [1.82, 2.24) is 14.8 Å². The molecule has 3 fully saturated rings. The summed E-state index contributed by atoms with van der Waals surface area (Å²) in [6.07, 6.45) is 9.18. The molecule has 2 saturated heterocycles. The molecule has 1 aromatic rings. The predicted molar refractivity (Wildman–Crippen MR) is 110 cm³/mol. The van der Waals surface area contributed by atoms with Crippen LogP contribution in [0.2, 0.25) is 0 Å². The van der Waals surface area contributed by atoms with Gasteiger partial charge in [-0.15, -0.1) is 0 Å². The van der Waals surface area contributed by atoms with Crippen LogP contribution in [0.4, 0.5) is 5.82 Å². The molecule has 0 aromatic carbocycles. The van der Waals surface area contributed by atoms with E-state index in [4.69, 9.17) is 4.74 Å². The van der Waals surface area contributed by atoms with Crippen LogP contribution in [0.15, 0.2) is 18.3 Å². The number of anilines is 1. The topological polar surface area (TPSA) is 74.8 Å². The normalized spacial score (nSPS) is 24.5. The molecular weight excluding hydrogens is 368 g/mol. The lowest BCUT2D eigenvalue weighted by Crippen LogP contribution is -2.37. The molecule has 1 aliphatic carbocycles. The number of nitrogens with zero attached hydrogens (tertiary/aromatic N) is 3. The Labute approximate surface area is 172 Å². The third-order valence-corrected chi connectivity index (χ3v) is 6.38. The molecule has 2 amide bonds. The fourth-order valence-corrected chi connectivity index (χ4v) is 4.67. The molecule has 3 aliphatic rings. The summed E-state index contributed by atoms with van der Waals surface area (Å²) in [4.78, 5) is 33.9. The molecule has 2 aliphatic heterocycles. The average molecular weight is 401 g/mol. The van der Waals surface area contributed by atoms with Crippen LogP contribution in [0, 0.1) is 5.92 Å². The van der Waals surface area contributed by atoms with Gasteiger partial charge in [0.05, 0.1) is 19.1 Å². The van der Waals surface area contributed by atoms with Crippen molar-refractivity contribution >= 4 is 17.6 Å². The summed E-state index contributed by atoms with van der Waals surface area (Å²) in [5, 5.41) is 2.91. The van der Waals surface area contributed by atoms with Crippen molar-refractivity contribution in [1.29, 1.82) is 0 Å². The summed E-state index contributed by atoms with van der Waals surface area (Å²) in [7, 11) is 0. The van der Waals surface area contributed by atoms with Crippen molar-refractivity contribution in [3.8, 4) is 0 Å². The van der Waals surface area contributed by atoms with E-state index < -0.39 is 0 Å². The number of hydrogen-bond donors (Lipinski definition) is 1. The lowest BCUT2D eigenvalue weighted by Gasteiger charge is -2.27. The monoisotopic (exact) mass is 400 g/mol. The Morgan fingerprint density at radius 3 is 2.59 bits per heavy atom. The number of amides is 2. The van der Waals surface area contributed by atoms with E-state index in [2.05, 4.69) is 15.2 Å². The van der Waals surface area contributed by atoms with Gasteiger partial charge in [-0.3, -0.25) is 14.5 Å². The molecule has 0 radical (unpaired) electrons. The van der Waals surface area contributed by atoms with Gasteiger partial charge in [-0.2, -0.15) is 0 Å². The van der Waals surface area contributed by atoms with Crippen LogP contribution >= 0.6 is 0 Å². The summed E-state index contributed by atoms with van der Waals surface area (Å²) in [6, 6.07) is 4.18. The first kappa shape index (κ1) is 20.3. The Kier molecular flexibility index (Phi) is 6.77. The fraction of sp³-hybridized carbons (Fsp3) is 0.682. The van der Waals surface area contributed by atoms with E-state index in [1.807, 2.05) is 23.2 Å². The predicted octanol–water partition coefficient (Wildman–Crippen LogP) is 2.42. The second-order valence-corrected chi connectivity index (χ2v) is 8.52. The maximum Gasteiger partial charge on any atom is 0.230 e. The molecule has 0 unspecified atom stereocenters. The Bertz CT molecular complexity index is 695. The quantitative estimate of drug-likeness (QED) is 0.769. The van der Waals surface area contributed by atoms with E-state index in [-0.39, 0.29) is 17.7 Å². The van der Waals surface area contributed by atoms with E-state index in [1.165, 1.54) is 25.7 Å². The van der Waals surface area contributed by atoms with E-state index in [0.717, 1.165) is 51.3 Å². The van der Waals surface area contributed by atoms with Crippen LogP contribution in [-0.2, 0) is 20.9 Å². The molecule has 1 atom stereocenters. The molecule has 29 heavy (non-hydrogen) atoms. The molecular formula is C22H32N4O3. The van der Waals surface area contributed by atoms with Crippen molar-refractivity contribution in [2.24, 2.45) is 5.92 Å². The number of hydrogen-bond acceptors (Lipinski definition) is 5. The zero-order valence-electron chi connectivity index (χ0n) is 17.1. The zero-order chi connectivity index (χ0) is 20.1. The Morgan fingerprint density at radius 1 is 1.14 bits per heavy atom. The van der Waals surface area contributed by atoms with Gasteiger partial charge in [-0.25, -0.2) is 4.98 Å². The first-order chi connectivity index (χ1) is 14.2. The van der Waals surface area contributed by atoms with E-state index in [0.29, 0.717) is 24.8 Å². The number of nitrogens with one attached hydrogen (secondary N) is 1. The van der Waals surface area contributed by atoms with E-state index >= 15 is 0 Å². The van der Waals surface area contributed by atoms with Gasteiger partial charge in [0.25, 0.3) is 0 Å². The van der Waals surface area contributed by atoms with Crippen LogP contribution in [0.1, 0.15) is 50.5 Å². The number of ether oxygens (including phenoxy) is 1. The third-order valence-electron chi connectivity index (χ3n) is 6.38. The van der Waals surface area contributed by atoms with Gasteiger partial charge in [0, 0.05) is 44.8 Å². The second kappa shape index (κ2) is 9.67. The van der Waals surface area contributed by atoms with Crippen LogP contribution < -0.4 is 5.32 Å². The molecule has 7 nitrogen and oxygen atoms in total. The molecule has 7 heteroatoms. The van der Waals surface area contributed by atoms with Crippen molar-refractivity contribution in [2.45, 2.75) is 57.5 Å². The van der Waals surface area contributed by atoms with Crippen molar-refractivity contribution in [3.63, 3.8) is 0 Å². The number of likely N-dealkylation sites (tertiary alicyclic amines) is 1. The average Bonchev–Trinajstić information content (AvgIpc) is 2.94. The maximum atomic E-state index is 12.7. The summed E-state index contributed by atoms with van der Waals surface area (Å²) in [6.45, 7) is 4.82. The number of carbonyl (C=O) groups is 2. The van der Waals surface area contributed by atoms with Crippen LogP contribution in [0.3, 0.4) is 0 Å². The number of morpholine rings is 1. The first-order valence-electron chi connectivity index (χ1n) is 11.0. The van der Waals surface area contributed by atoms with Crippen molar-refractivity contribution in [3.05, 3.63) is 23.9 Å². The standard InChI is InChI=1S/C22H32N4O3/c27-21-13-18(16-26(21)19-5-3-1-2-4-6-19)22(28)24-20-8-7-17(14-23-20)15-25-9-11-29-12-10-25/h7-8,14,18-19H,1-6,9-13,15-16H2,(H,23,24,28)/t18-/m0/s1. The molecule has 4 rings (SSSR count). The van der Waals surface area contributed by atoms with E-state index in [9.17, 15) is 9.59 Å². The Balaban J connectivity index is 1.29. The van der Waals surface area contributed by atoms with Gasteiger partial charge in [-0.05, 0) is 24.5 Å². The summed E-state index contributed by atoms with van der Waals surface area (Å²) in [5.41, 5.74) is 1.13. The minimum absolute atomic E-state index is 0.0945. The highest BCUT2D eigenvalue weighted by molar-refractivity contribution is 5.96. The van der Waals surface area contributed by atoms with Gasteiger partial charge in [-0.1, -0.05) is 31.7 Å². The highest BCUT2D eigenvalue weighted by Gasteiger charge is 2.37. The highest BCUT2D eigenvalue weighted by Crippen LogP contribution is 2.28. The number of pyridine rings is 1. The largest absolute Gasteiger partial charge is 0.379 e. The van der Waals surface area contributed by atoms with Crippen molar-refractivity contribution < 1.29 is 14.3 Å². The van der Waals surface area contributed by atoms with Gasteiger partial charge in [0.15, 0.2) is 0 Å². The third kappa shape index (κ3) is 5.34. The van der Waals surface area contributed by atoms with Gasteiger partial charge < -0.3 is 15.0 Å². The number of carbonyl (C=O) groups excluding carboxylic acids is 2. The molecule has 1 N–H and O–H groups in total. The minimum atomic E-state index is -0.277. The lowest BCUT2D eigenvalue weighted by molar-refractivity contribution is -0.130. The second-order valence-electron chi connectivity index (χ2n) is 8.52. The minimum Gasteiger partial charge on any atom is -0.379 e. The van der Waals surface area contributed by atoms with Crippen LogP contribution in [-0.4, -0.2) is 65.5 Å². The molecule has 3 heterocycles. The Hall–Kier alpha value is -1.99. The van der Waals surface area contributed by atoms with Gasteiger partial charge >= 0.3 is 0 Å². The van der Waals surface area contributed by atoms with Crippen LogP contribution in [0.5, 0.6) is 0 Å². The smallest absolute Gasteiger partial charge is 0.230 e. The van der Waals surface area contributed by atoms with Crippen molar-refractivity contribution in [2.75, 3.05) is 38.2 Å². The summed E-state index contributed by atoms with van der Waals surface area (Å²) >= 11 is 0. The number of aromatic nitrogens is 1. The van der Waals surface area contributed by atoms with Crippen LogP contribution in [0.25, 0.3) is 0 Å². The molecule has 158 valence electrons. The lowest BCUT2D eigenvalue weighted by atomic mass is 10.1. The maximum absolute atomic E-state index is 12.7. The molecule has 0 bridgehead atoms. The van der Waals surface area contributed by atoms with Gasteiger partial charge in [0.1, 0.15) is 5.82 Å². The summed E-state index contributed by atoms with van der Waals surface area (Å²) in [5.74, 6) is 0.315. The molecule has 0 spiro atoms. The highest BCUT2D eigenvalue weighted by atomic mass is 16.5. The van der Waals surface area contributed by atoms with Gasteiger partial charge in [0.2, 0.25) is 11.8 Å². The van der Waals surface area contributed by atoms with E-state index in [1.54, 1.807) is 0 Å². The number of rotatable bonds is 5. The molecule has 1 aromatic heterocycles. The SMILES string of the molecule is O=C(Nc1ccc(CN2CCOCC2)cn1)[C@H]1CC(=O)N(C2CCCCCC2)C1.